The largest absolute Gasteiger partial charge is 0.508 e. The molecule has 0 saturated carbocycles. The van der Waals surface area contributed by atoms with E-state index in [0.717, 1.165) is 35.2 Å². The molecule has 2 heterocycles. The van der Waals surface area contributed by atoms with Crippen LogP contribution >= 0.6 is 11.3 Å². The Labute approximate surface area is 214 Å². The van der Waals surface area contributed by atoms with Gasteiger partial charge in [-0.15, -0.1) is 0 Å². The van der Waals surface area contributed by atoms with Crippen LogP contribution in [0.25, 0.3) is 16.3 Å². The molecule has 0 radical (unpaired) electrons. The highest BCUT2D eigenvalue weighted by atomic mass is 32.1. The maximum absolute atomic E-state index is 9.97. The number of quaternary nitrogens is 1. The van der Waals surface area contributed by atoms with Gasteiger partial charge in [-0.05, 0) is 30.7 Å². The summed E-state index contributed by atoms with van der Waals surface area (Å²) in [7, 11) is 6.70. The van der Waals surface area contributed by atoms with Gasteiger partial charge in [-0.3, -0.25) is 0 Å². The number of fused-ring (bicyclic) bond motifs is 2. The summed E-state index contributed by atoms with van der Waals surface area (Å²) >= 11 is 1.73. The third-order valence-electron chi connectivity index (χ3n) is 6.76. The molecule has 1 aliphatic heterocycles. The lowest BCUT2D eigenvalue weighted by Gasteiger charge is -2.25. The molecule has 3 aromatic rings. The Kier molecular flexibility index (Phi) is 7.20. The summed E-state index contributed by atoms with van der Waals surface area (Å²) in [6.07, 6.45) is 12.0. The predicted molar refractivity (Wildman–Crippen MR) is 150 cm³/mol. The number of hydrogen-bond donors (Lipinski definition) is 1. The summed E-state index contributed by atoms with van der Waals surface area (Å²) in [5.41, 5.74) is 5.21. The number of thiazole rings is 1. The number of allylic oxidation sites excluding steroid dienone is 5. The molecule has 5 heteroatoms. The summed E-state index contributed by atoms with van der Waals surface area (Å²) in [6.45, 7) is 9.87. The van der Waals surface area contributed by atoms with Gasteiger partial charge >= 0.3 is 0 Å². The van der Waals surface area contributed by atoms with Crippen molar-refractivity contribution in [2.24, 2.45) is 0 Å². The average molecular weight is 490 g/mol. The van der Waals surface area contributed by atoms with Crippen LogP contribution in [0.1, 0.15) is 37.8 Å². The molecule has 35 heavy (non-hydrogen) atoms. The minimum atomic E-state index is -0.0112. The number of aromatic nitrogens is 1. The molecule has 0 amide bonds. The van der Waals surface area contributed by atoms with E-state index in [1.807, 2.05) is 12.1 Å². The lowest BCUT2D eigenvalue weighted by Crippen LogP contribution is -2.40. The SMILES string of the molecule is CCN1/C(=C/C=C/C=C/c2sc3cc(O)ccc3[n+]2CCC[N+](C)(C)C)C(C)(C)c2ccccc21. The van der Waals surface area contributed by atoms with Crippen molar-refractivity contribution in [1.82, 2.24) is 0 Å². The highest BCUT2D eigenvalue weighted by molar-refractivity contribution is 7.18. The molecule has 1 aliphatic rings. The Morgan fingerprint density at radius 3 is 2.57 bits per heavy atom. The Bertz CT molecular complexity index is 1290. The fourth-order valence-corrected chi connectivity index (χ4v) is 6.12. The van der Waals surface area contributed by atoms with E-state index in [9.17, 15) is 5.11 Å². The van der Waals surface area contributed by atoms with Crippen LogP contribution in [0.2, 0.25) is 0 Å². The number of rotatable bonds is 8. The number of aromatic hydroxyl groups is 1. The van der Waals surface area contributed by atoms with Crippen LogP contribution in [-0.2, 0) is 12.0 Å². The summed E-state index contributed by atoms with van der Waals surface area (Å²) in [5, 5.41) is 11.2. The summed E-state index contributed by atoms with van der Waals surface area (Å²) in [6, 6.07) is 14.4. The van der Waals surface area contributed by atoms with Crippen molar-refractivity contribution < 1.29 is 14.2 Å². The minimum absolute atomic E-state index is 0.0112. The van der Waals surface area contributed by atoms with Crippen molar-refractivity contribution in [3.63, 3.8) is 0 Å². The van der Waals surface area contributed by atoms with Gasteiger partial charge in [-0.25, -0.2) is 0 Å². The Morgan fingerprint density at radius 1 is 1.06 bits per heavy atom. The van der Waals surface area contributed by atoms with Crippen molar-refractivity contribution in [2.75, 3.05) is 39.1 Å². The van der Waals surface area contributed by atoms with Gasteiger partial charge in [0.1, 0.15) is 10.4 Å². The number of hydrogen-bond acceptors (Lipinski definition) is 3. The Morgan fingerprint density at radius 2 is 1.83 bits per heavy atom. The second kappa shape index (κ2) is 10.00. The molecule has 0 atom stereocenters. The molecule has 4 nitrogen and oxygen atoms in total. The molecule has 0 saturated heterocycles. The molecular weight excluding hydrogens is 450 g/mol. The standard InChI is InChI=1S/C30H38N3OS/c1-7-31-25-15-12-11-14-24(25)30(2,3)28(31)16-9-8-10-17-29-32(20-13-21-33(4,5)6)26-19-18-23(34)22-27(26)35-29/h8-12,14-19,22H,7,13,20-21H2,1-6H3/q+1/p+1. The van der Waals surface area contributed by atoms with Gasteiger partial charge in [0.2, 0.25) is 5.52 Å². The van der Waals surface area contributed by atoms with Crippen LogP contribution in [-0.4, -0.2) is 43.8 Å². The van der Waals surface area contributed by atoms with Crippen molar-refractivity contribution in [1.29, 1.82) is 0 Å². The third-order valence-corrected chi connectivity index (χ3v) is 7.87. The summed E-state index contributed by atoms with van der Waals surface area (Å²) in [4.78, 5) is 2.42. The van der Waals surface area contributed by atoms with E-state index in [4.69, 9.17) is 0 Å². The number of benzene rings is 2. The van der Waals surface area contributed by atoms with E-state index in [1.54, 1.807) is 17.4 Å². The van der Waals surface area contributed by atoms with Crippen LogP contribution < -0.4 is 9.47 Å². The van der Waals surface area contributed by atoms with Gasteiger partial charge in [0, 0.05) is 41.6 Å². The second-order valence-electron chi connectivity index (χ2n) is 10.8. The van der Waals surface area contributed by atoms with E-state index in [0.29, 0.717) is 5.75 Å². The minimum Gasteiger partial charge on any atom is -0.508 e. The van der Waals surface area contributed by atoms with Gasteiger partial charge in [-0.1, -0.05) is 61.6 Å². The van der Waals surface area contributed by atoms with E-state index >= 15 is 0 Å². The molecule has 0 unspecified atom stereocenters. The number of para-hydroxylation sites is 1. The zero-order chi connectivity index (χ0) is 25.2. The lowest BCUT2D eigenvalue weighted by atomic mass is 9.84. The number of phenols is 1. The molecule has 0 fully saturated rings. The summed E-state index contributed by atoms with van der Waals surface area (Å²) in [5.74, 6) is 0.319. The molecule has 0 bridgehead atoms. The lowest BCUT2D eigenvalue weighted by molar-refractivity contribution is -0.873. The topological polar surface area (TPSA) is 27.3 Å². The van der Waals surface area contributed by atoms with Crippen LogP contribution in [0, 0.1) is 0 Å². The first-order valence-corrected chi connectivity index (χ1v) is 13.3. The van der Waals surface area contributed by atoms with E-state index in [-0.39, 0.29) is 5.41 Å². The first-order valence-electron chi connectivity index (χ1n) is 12.5. The first kappa shape index (κ1) is 25.2. The van der Waals surface area contributed by atoms with Gasteiger partial charge in [0.25, 0.3) is 5.01 Å². The van der Waals surface area contributed by atoms with Crippen LogP contribution in [0.4, 0.5) is 5.69 Å². The van der Waals surface area contributed by atoms with Gasteiger partial charge < -0.3 is 14.5 Å². The van der Waals surface area contributed by atoms with Gasteiger partial charge in [0.05, 0.1) is 34.1 Å². The predicted octanol–water partition coefficient (Wildman–Crippen LogP) is 6.26. The molecule has 184 valence electrons. The molecular formula is C30H39N3OS+2. The second-order valence-corrected chi connectivity index (χ2v) is 11.9. The average Bonchev–Trinajstić information content (AvgIpc) is 3.24. The normalized spacial score (nSPS) is 16.9. The van der Waals surface area contributed by atoms with E-state index < -0.39 is 0 Å². The quantitative estimate of drug-likeness (QED) is 0.230. The van der Waals surface area contributed by atoms with E-state index in [1.165, 1.54) is 27.5 Å². The number of nitrogens with zero attached hydrogens (tertiary/aromatic N) is 3. The Balaban J connectivity index is 1.57. The number of likely N-dealkylation sites (N-methyl/N-ethyl adjacent to an activating group) is 1. The van der Waals surface area contributed by atoms with Crippen molar-refractivity contribution in [3.05, 3.63) is 83.0 Å². The van der Waals surface area contributed by atoms with E-state index in [2.05, 4.69) is 106 Å². The summed E-state index contributed by atoms with van der Waals surface area (Å²) < 4.78 is 4.46. The van der Waals surface area contributed by atoms with Gasteiger partial charge in [-0.2, -0.15) is 4.57 Å². The van der Waals surface area contributed by atoms with Crippen molar-refractivity contribution >= 4 is 33.3 Å². The maximum Gasteiger partial charge on any atom is 0.262 e. The third kappa shape index (κ3) is 5.36. The monoisotopic (exact) mass is 489 g/mol. The van der Waals surface area contributed by atoms with Crippen molar-refractivity contribution in [3.8, 4) is 5.75 Å². The Hall–Kier alpha value is -2.89. The van der Waals surface area contributed by atoms with Crippen LogP contribution in [0.15, 0.2) is 72.5 Å². The number of phenolic OH excluding ortho intramolecular Hbond substituents is 1. The highest BCUT2D eigenvalue weighted by Crippen LogP contribution is 2.47. The number of anilines is 1. The smallest absolute Gasteiger partial charge is 0.262 e. The zero-order valence-electron chi connectivity index (χ0n) is 22.0. The van der Waals surface area contributed by atoms with Crippen LogP contribution in [0.3, 0.4) is 0 Å². The molecule has 4 rings (SSSR count). The number of aryl methyl sites for hydroxylation is 1. The van der Waals surface area contributed by atoms with Crippen LogP contribution in [0.5, 0.6) is 5.75 Å². The maximum atomic E-state index is 9.97. The fraction of sp³-hybridized carbons (Fsp3) is 0.367. The first-order chi connectivity index (χ1) is 16.6. The molecule has 0 spiro atoms. The zero-order valence-corrected chi connectivity index (χ0v) is 22.8. The van der Waals surface area contributed by atoms with Crippen molar-refractivity contribution in [2.45, 2.75) is 39.2 Å². The van der Waals surface area contributed by atoms with Gasteiger partial charge in [0.15, 0.2) is 6.54 Å². The fourth-order valence-electron chi connectivity index (χ4n) is 4.98. The molecule has 0 aliphatic carbocycles. The molecule has 1 N–H and O–H groups in total. The molecule has 2 aromatic carbocycles. The highest BCUT2D eigenvalue weighted by Gasteiger charge is 2.38. The molecule has 1 aromatic heterocycles.